The van der Waals surface area contributed by atoms with Gasteiger partial charge in [0.1, 0.15) is 0 Å². The van der Waals surface area contributed by atoms with Crippen LogP contribution in [0.25, 0.3) is 0 Å². The molecule has 1 aliphatic rings. The lowest BCUT2D eigenvalue weighted by Gasteiger charge is -2.39. The minimum atomic E-state index is -0.341. The maximum atomic E-state index is 12.4. The molecule has 28 heavy (non-hydrogen) atoms. The molecule has 1 atom stereocenters. The molecule has 0 aromatic heterocycles. The van der Waals surface area contributed by atoms with Crippen molar-refractivity contribution in [2.24, 2.45) is 0 Å². The molecule has 148 valence electrons. The van der Waals surface area contributed by atoms with Gasteiger partial charge in [0.05, 0.1) is 19.6 Å². The summed E-state index contributed by atoms with van der Waals surface area (Å²) in [6.07, 6.45) is 0.350. The Morgan fingerprint density at radius 1 is 0.929 bits per heavy atom. The smallest absolute Gasteiger partial charge is 0.306 e. The average molecular weight is 445 g/mol. The van der Waals surface area contributed by atoms with E-state index in [4.69, 9.17) is 0 Å². The van der Waals surface area contributed by atoms with E-state index in [2.05, 4.69) is 74.1 Å². The number of nitrogens with zero attached hydrogens (tertiary/aromatic N) is 2. The predicted octanol–water partition coefficient (Wildman–Crippen LogP) is 3.64. The highest BCUT2D eigenvalue weighted by atomic mass is 79.9. The molecule has 0 spiro atoms. The Balaban J connectivity index is 1.69. The second-order valence-electron chi connectivity index (χ2n) is 6.86. The van der Waals surface area contributed by atoms with E-state index in [1.807, 2.05) is 11.0 Å². The van der Waals surface area contributed by atoms with Crippen LogP contribution in [-0.2, 0) is 14.3 Å². The molecule has 0 saturated carbocycles. The van der Waals surface area contributed by atoms with E-state index in [0.717, 1.165) is 17.6 Å². The fraction of sp³-hybridized carbons (Fsp3) is 0.364. The van der Waals surface area contributed by atoms with Crippen molar-refractivity contribution in [2.45, 2.75) is 18.9 Å². The molecule has 0 aliphatic carbocycles. The molecule has 3 rings (SSSR count). The van der Waals surface area contributed by atoms with Gasteiger partial charge in [-0.05, 0) is 23.3 Å². The standard InChI is InChI=1S/C22H25BrN2O3/c1-28-21(27)12-11-20(26)24-13-15-25(16-14-24)22(17-5-3-2-4-6-17)18-7-9-19(23)10-8-18/h2-10,22H,11-16H2,1H3. The van der Waals surface area contributed by atoms with Gasteiger partial charge in [-0.3, -0.25) is 14.5 Å². The molecular weight excluding hydrogens is 420 g/mol. The third-order valence-electron chi connectivity index (χ3n) is 5.10. The molecule has 0 bridgehead atoms. The van der Waals surface area contributed by atoms with Crippen LogP contribution in [0.3, 0.4) is 0 Å². The summed E-state index contributed by atoms with van der Waals surface area (Å²) in [7, 11) is 1.34. The molecule has 1 amide bonds. The van der Waals surface area contributed by atoms with Crippen LogP contribution >= 0.6 is 15.9 Å². The van der Waals surface area contributed by atoms with Crippen molar-refractivity contribution < 1.29 is 14.3 Å². The monoisotopic (exact) mass is 444 g/mol. The van der Waals surface area contributed by atoms with E-state index in [0.29, 0.717) is 13.1 Å². The van der Waals surface area contributed by atoms with E-state index in [1.165, 1.54) is 18.2 Å². The first-order valence-electron chi connectivity index (χ1n) is 9.47. The number of esters is 1. The van der Waals surface area contributed by atoms with E-state index >= 15 is 0 Å². The Morgan fingerprint density at radius 3 is 2.14 bits per heavy atom. The van der Waals surface area contributed by atoms with Gasteiger partial charge < -0.3 is 9.64 Å². The largest absolute Gasteiger partial charge is 0.469 e. The zero-order valence-electron chi connectivity index (χ0n) is 16.0. The number of amides is 1. The number of halogens is 1. The van der Waals surface area contributed by atoms with Crippen molar-refractivity contribution in [1.29, 1.82) is 0 Å². The molecule has 0 N–H and O–H groups in total. The van der Waals surface area contributed by atoms with E-state index in [-0.39, 0.29) is 30.8 Å². The number of carbonyl (C=O) groups excluding carboxylic acids is 2. The minimum absolute atomic E-state index is 0.0185. The first kappa shape index (κ1) is 20.6. The summed E-state index contributed by atoms with van der Waals surface area (Å²) >= 11 is 3.51. The summed E-state index contributed by atoms with van der Waals surface area (Å²) in [5, 5.41) is 0. The van der Waals surface area contributed by atoms with Crippen LogP contribution in [0, 0.1) is 0 Å². The normalized spacial score (nSPS) is 15.9. The Kier molecular flexibility index (Phi) is 7.23. The van der Waals surface area contributed by atoms with Crippen molar-refractivity contribution in [1.82, 2.24) is 9.80 Å². The zero-order valence-corrected chi connectivity index (χ0v) is 17.6. The van der Waals surface area contributed by atoms with Crippen LogP contribution in [0.2, 0.25) is 0 Å². The molecule has 2 aromatic carbocycles. The maximum Gasteiger partial charge on any atom is 0.306 e. The van der Waals surface area contributed by atoms with Crippen LogP contribution in [0.1, 0.15) is 30.0 Å². The van der Waals surface area contributed by atoms with Crippen LogP contribution in [0.4, 0.5) is 0 Å². The van der Waals surface area contributed by atoms with Gasteiger partial charge >= 0.3 is 5.97 Å². The van der Waals surface area contributed by atoms with Gasteiger partial charge in [0, 0.05) is 37.1 Å². The van der Waals surface area contributed by atoms with Crippen molar-refractivity contribution in [3.05, 3.63) is 70.2 Å². The molecule has 1 fully saturated rings. The van der Waals surface area contributed by atoms with Crippen molar-refractivity contribution in [2.75, 3.05) is 33.3 Å². The molecular formula is C22H25BrN2O3. The molecule has 5 nitrogen and oxygen atoms in total. The quantitative estimate of drug-likeness (QED) is 0.638. The van der Waals surface area contributed by atoms with Gasteiger partial charge in [-0.2, -0.15) is 0 Å². The Labute approximate surface area is 174 Å². The number of rotatable bonds is 6. The first-order chi connectivity index (χ1) is 13.6. The highest BCUT2D eigenvalue weighted by Crippen LogP contribution is 2.30. The summed E-state index contributed by atoms with van der Waals surface area (Å²) in [6, 6.07) is 19.0. The Morgan fingerprint density at radius 2 is 1.54 bits per heavy atom. The Bertz CT molecular complexity index is 787. The maximum absolute atomic E-state index is 12.4. The summed E-state index contributed by atoms with van der Waals surface area (Å²) in [4.78, 5) is 27.9. The fourth-order valence-corrected chi connectivity index (χ4v) is 3.86. The van der Waals surface area contributed by atoms with Crippen LogP contribution in [0.15, 0.2) is 59.1 Å². The van der Waals surface area contributed by atoms with Crippen molar-refractivity contribution in [3.63, 3.8) is 0 Å². The lowest BCUT2D eigenvalue weighted by Crippen LogP contribution is -2.49. The molecule has 1 aliphatic heterocycles. The minimum Gasteiger partial charge on any atom is -0.469 e. The van der Waals surface area contributed by atoms with Crippen LogP contribution < -0.4 is 0 Å². The summed E-state index contributed by atoms with van der Waals surface area (Å²) < 4.78 is 5.68. The SMILES string of the molecule is COC(=O)CCC(=O)N1CCN(C(c2ccccc2)c2ccc(Br)cc2)CC1. The number of ether oxygens (including phenoxy) is 1. The second-order valence-corrected chi connectivity index (χ2v) is 7.77. The van der Waals surface area contributed by atoms with E-state index < -0.39 is 0 Å². The molecule has 1 saturated heterocycles. The third-order valence-corrected chi connectivity index (χ3v) is 5.63. The van der Waals surface area contributed by atoms with Gasteiger partial charge in [0.15, 0.2) is 0 Å². The van der Waals surface area contributed by atoms with Gasteiger partial charge in [-0.15, -0.1) is 0 Å². The first-order valence-corrected chi connectivity index (χ1v) is 10.3. The zero-order chi connectivity index (χ0) is 19.9. The number of carbonyl (C=O) groups is 2. The Hall–Kier alpha value is -2.18. The molecule has 2 aromatic rings. The number of hydrogen-bond donors (Lipinski definition) is 0. The van der Waals surface area contributed by atoms with Crippen molar-refractivity contribution in [3.8, 4) is 0 Å². The molecule has 0 radical (unpaired) electrons. The average Bonchev–Trinajstić information content (AvgIpc) is 2.74. The van der Waals surface area contributed by atoms with Crippen molar-refractivity contribution >= 4 is 27.8 Å². The molecule has 1 unspecified atom stereocenters. The summed E-state index contributed by atoms with van der Waals surface area (Å²) in [5.74, 6) is -0.323. The molecule has 6 heteroatoms. The second kappa shape index (κ2) is 9.85. The van der Waals surface area contributed by atoms with Gasteiger partial charge in [0.25, 0.3) is 0 Å². The third kappa shape index (κ3) is 5.20. The summed E-state index contributed by atoms with van der Waals surface area (Å²) in [5.41, 5.74) is 2.48. The lowest BCUT2D eigenvalue weighted by atomic mass is 9.96. The molecule has 1 heterocycles. The number of benzene rings is 2. The van der Waals surface area contributed by atoms with Crippen LogP contribution in [0.5, 0.6) is 0 Å². The topological polar surface area (TPSA) is 49.9 Å². The lowest BCUT2D eigenvalue weighted by molar-refractivity contribution is -0.144. The highest BCUT2D eigenvalue weighted by molar-refractivity contribution is 9.10. The highest BCUT2D eigenvalue weighted by Gasteiger charge is 2.28. The van der Waals surface area contributed by atoms with Gasteiger partial charge in [-0.1, -0.05) is 58.4 Å². The number of hydrogen-bond acceptors (Lipinski definition) is 4. The van der Waals surface area contributed by atoms with Gasteiger partial charge in [0.2, 0.25) is 5.91 Å². The summed E-state index contributed by atoms with van der Waals surface area (Å²) in [6.45, 7) is 2.92. The van der Waals surface area contributed by atoms with E-state index in [1.54, 1.807) is 0 Å². The predicted molar refractivity (Wildman–Crippen MR) is 112 cm³/mol. The van der Waals surface area contributed by atoms with Gasteiger partial charge in [-0.25, -0.2) is 0 Å². The van der Waals surface area contributed by atoms with Crippen LogP contribution in [-0.4, -0.2) is 55.0 Å². The number of methoxy groups -OCH3 is 1. The van der Waals surface area contributed by atoms with E-state index in [9.17, 15) is 9.59 Å². The fourth-order valence-electron chi connectivity index (χ4n) is 3.59. The number of piperazine rings is 1.